The molecule has 3 N–H and O–H groups in total. The Hall–Kier alpha value is -2.46. The van der Waals surface area contributed by atoms with Crippen molar-refractivity contribution in [3.05, 3.63) is 30.3 Å². The number of anilines is 2. The summed E-state index contributed by atoms with van der Waals surface area (Å²) >= 11 is 3.01. The molecule has 10 heteroatoms. The van der Waals surface area contributed by atoms with Crippen LogP contribution < -0.4 is 10.6 Å². The van der Waals surface area contributed by atoms with Crippen molar-refractivity contribution in [2.75, 3.05) is 29.7 Å². The third kappa shape index (κ3) is 4.02. The minimum atomic E-state index is -1.05. The molecular formula is C16H17N5O3S2. The van der Waals surface area contributed by atoms with Gasteiger partial charge in [0.2, 0.25) is 0 Å². The second-order valence-electron chi connectivity index (χ2n) is 5.35. The van der Waals surface area contributed by atoms with Crippen LogP contribution in [0.15, 0.2) is 39.2 Å². The van der Waals surface area contributed by atoms with E-state index in [4.69, 9.17) is 15.3 Å². The average molecular weight is 391 g/mol. The Balaban J connectivity index is 1.72. The Bertz CT molecular complexity index is 947. The first kappa shape index (κ1) is 18.3. The highest BCUT2D eigenvalue weighted by Crippen LogP contribution is 2.29. The average Bonchev–Trinajstić information content (AvgIpc) is 3.03. The number of nitrogens with zero attached hydrogens (tertiary/aromatic N) is 4. The fourth-order valence-corrected chi connectivity index (χ4v) is 3.60. The fraction of sp³-hybridized carbons (Fsp3) is 0.250. The molecule has 3 rings (SSSR count). The molecule has 3 heterocycles. The number of aryl methyl sites for hydroxylation is 1. The smallest absolute Gasteiger partial charge is 0.411 e. The summed E-state index contributed by atoms with van der Waals surface area (Å²) in [6.45, 7) is 0. The number of amides is 1. The van der Waals surface area contributed by atoms with Crippen molar-refractivity contribution >= 4 is 52.1 Å². The van der Waals surface area contributed by atoms with Crippen molar-refractivity contribution in [2.24, 2.45) is 0 Å². The normalized spacial score (nSPS) is 11.0. The van der Waals surface area contributed by atoms with Crippen molar-refractivity contribution < 1.29 is 14.3 Å². The number of fused-ring (bicyclic) bond motifs is 1. The van der Waals surface area contributed by atoms with E-state index in [1.807, 2.05) is 12.3 Å². The monoisotopic (exact) mass is 391 g/mol. The molecule has 0 aliphatic rings. The first-order valence-electron chi connectivity index (χ1n) is 7.62. The van der Waals surface area contributed by atoms with Gasteiger partial charge < -0.3 is 15.3 Å². The number of aromatic nitrogens is 3. The van der Waals surface area contributed by atoms with Crippen molar-refractivity contribution in [3.8, 4) is 0 Å². The zero-order valence-electron chi connectivity index (χ0n) is 14.2. The highest BCUT2D eigenvalue weighted by molar-refractivity contribution is 7.99. The lowest BCUT2D eigenvalue weighted by molar-refractivity contribution is 0.203. The Morgan fingerprint density at radius 3 is 2.92 bits per heavy atom. The Labute approximate surface area is 158 Å². The molecule has 8 nitrogen and oxygen atoms in total. The van der Waals surface area contributed by atoms with Crippen LogP contribution in [0, 0.1) is 0 Å². The van der Waals surface area contributed by atoms with Gasteiger partial charge in [-0.2, -0.15) is 0 Å². The molecule has 0 unspecified atom stereocenters. The molecule has 0 radical (unpaired) electrons. The number of pyridine rings is 1. The van der Waals surface area contributed by atoms with E-state index in [-0.39, 0.29) is 0 Å². The Morgan fingerprint density at radius 1 is 1.38 bits per heavy atom. The number of carboxylic acid groups (broad SMARTS) is 1. The Morgan fingerprint density at radius 2 is 2.19 bits per heavy atom. The highest BCUT2D eigenvalue weighted by Gasteiger charge is 2.16. The minimum Gasteiger partial charge on any atom is -0.465 e. The van der Waals surface area contributed by atoms with E-state index in [9.17, 15) is 4.79 Å². The lowest BCUT2D eigenvalue weighted by Crippen LogP contribution is -2.23. The van der Waals surface area contributed by atoms with Crippen molar-refractivity contribution in [2.45, 2.75) is 16.6 Å². The number of carbonyl (C=O) groups is 1. The lowest BCUT2D eigenvalue weighted by atomic mass is 10.2. The lowest BCUT2D eigenvalue weighted by Gasteiger charge is -2.10. The van der Waals surface area contributed by atoms with Gasteiger partial charge in [0.1, 0.15) is 17.1 Å². The molecule has 1 amide bonds. The molecule has 0 saturated heterocycles. The zero-order chi connectivity index (χ0) is 18.7. The van der Waals surface area contributed by atoms with Crippen LogP contribution >= 0.6 is 23.5 Å². The standard InChI is InChI=1S/C16H17N5O3S2/c1-21(16(22)23)11-8-24-12-7-18-9(5-10(11)12)3-4-26-15-19-13(17)6-14(20-15)25-2/h5-8H,3-4H2,1-2H3,(H,22,23)(H2,17,19,20). The third-order valence-electron chi connectivity index (χ3n) is 3.65. The van der Waals surface area contributed by atoms with E-state index < -0.39 is 6.09 Å². The number of thioether (sulfide) groups is 2. The quantitative estimate of drug-likeness (QED) is 0.370. The van der Waals surface area contributed by atoms with Gasteiger partial charge in [-0.1, -0.05) is 11.8 Å². The second-order valence-corrected chi connectivity index (χ2v) is 7.24. The van der Waals surface area contributed by atoms with Crippen LogP contribution in [0.1, 0.15) is 5.69 Å². The third-order valence-corrected chi connectivity index (χ3v) is 5.12. The van der Waals surface area contributed by atoms with Crippen molar-refractivity contribution in [3.63, 3.8) is 0 Å². The molecule has 0 aliphatic heterocycles. The van der Waals surface area contributed by atoms with Gasteiger partial charge in [0.05, 0.1) is 11.9 Å². The van der Waals surface area contributed by atoms with Gasteiger partial charge in [0.15, 0.2) is 10.7 Å². The van der Waals surface area contributed by atoms with Gasteiger partial charge in [-0.05, 0) is 18.7 Å². The molecule has 0 atom stereocenters. The molecule has 0 spiro atoms. The summed E-state index contributed by atoms with van der Waals surface area (Å²) in [4.78, 5) is 25.3. The topological polar surface area (TPSA) is 118 Å². The molecule has 3 aromatic rings. The highest BCUT2D eigenvalue weighted by atomic mass is 32.2. The summed E-state index contributed by atoms with van der Waals surface area (Å²) in [6.07, 6.45) is 4.59. The molecule has 136 valence electrons. The zero-order valence-corrected chi connectivity index (χ0v) is 15.8. The summed E-state index contributed by atoms with van der Waals surface area (Å²) in [7, 11) is 1.48. The summed E-state index contributed by atoms with van der Waals surface area (Å²) < 4.78 is 5.38. The molecule has 3 aromatic heterocycles. The van der Waals surface area contributed by atoms with Crippen molar-refractivity contribution in [1.29, 1.82) is 0 Å². The van der Waals surface area contributed by atoms with Gasteiger partial charge >= 0.3 is 6.09 Å². The van der Waals surface area contributed by atoms with E-state index >= 15 is 0 Å². The molecule has 0 bridgehead atoms. The number of rotatable bonds is 6. The first-order chi connectivity index (χ1) is 12.5. The molecule has 0 aliphatic carbocycles. The molecule has 0 aromatic carbocycles. The summed E-state index contributed by atoms with van der Waals surface area (Å²) in [5.41, 5.74) is 7.66. The molecule has 26 heavy (non-hydrogen) atoms. The number of hydrogen-bond acceptors (Lipinski definition) is 8. The fourth-order valence-electron chi connectivity index (χ4n) is 2.30. The Kier molecular flexibility index (Phi) is 5.52. The van der Waals surface area contributed by atoms with Crippen LogP contribution in [0.25, 0.3) is 11.0 Å². The van der Waals surface area contributed by atoms with E-state index in [0.717, 1.165) is 26.8 Å². The molecule has 0 saturated carbocycles. The largest absolute Gasteiger partial charge is 0.465 e. The number of furan rings is 1. The van der Waals surface area contributed by atoms with Crippen LogP contribution in [0.3, 0.4) is 0 Å². The SMILES string of the molecule is CSc1cc(N)nc(SCCc2cc3c(N(C)C(=O)O)coc3cn2)n1. The molecular weight excluding hydrogens is 374 g/mol. The van der Waals surface area contributed by atoms with E-state index in [1.54, 1.807) is 12.3 Å². The summed E-state index contributed by atoms with van der Waals surface area (Å²) in [5, 5.41) is 11.3. The number of hydrogen-bond donors (Lipinski definition) is 2. The predicted octanol–water partition coefficient (Wildman–Crippen LogP) is 3.37. The first-order valence-corrected chi connectivity index (χ1v) is 9.83. The maximum Gasteiger partial charge on any atom is 0.411 e. The predicted molar refractivity (Wildman–Crippen MR) is 103 cm³/mol. The van der Waals surface area contributed by atoms with Gasteiger partial charge in [0.25, 0.3) is 0 Å². The number of nitrogens with two attached hydrogens (primary N) is 1. The van der Waals surface area contributed by atoms with Crippen LogP contribution in [-0.2, 0) is 6.42 Å². The van der Waals surface area contributed by atoms with Gasteiger partial charge in [-0.15, -0.1) is 11.8 Å². The van der Waals surface area contributed by atoms with E-state index in [1.165, 1.54) is 36.8 Å². The maximum absolute atomic E-state index is 11.2. The van der Waals surface area contributed by atoms with Crippen molar-refractivity contribution in [1.82, 2.24) is 15.0 Å². The number of nitrogen functional groups attached to an aromatic ring is 1. The van der Waals surface area contributed by atoms with Crippen LogP contribution in [0.2, 0.25) is 0 Å². The van der Waals surface area contributed by atoms with Crippen LogP contribution in [-0.4, -0.2) is 45.2 Å². The summed E-state index contributed by atoms with van der Waals surface area (Å²) in [5.74, 6) is 1.17. The minimum absolute atomic E-state index is 0.450. The van der Waals surface area contributed by atoms with Gasteiger partial charge in [0, 0.05) is 29.9 Å². The molecule has 0 fully saturated rings. The van der Waals surface area contributed by atoms with E-state index in [2.05, 4.69) is 15.0 Å². The van der Waals surface area contributed by atoms with Crippen LogP contribution in [0.5, 0.6) is 0 Å². The summed E-state index contributed by atoms with van der Waals surface area (Å²) in [6, 6.07) is 3.59. The van der Waals surface area contributed by atoms with E-state index in [0.29, 0.717) is 28.7 Å². The van der Waals surface area contributed by atoms with Gasteiger partial charge in [-0.3, -0.25) is 9.88 Å². The maximum atomic E-state index is 11.2. The van der Waals surface area contributed by atoms with Gasteiger partial charge in [-0.25, -0.2) is 14.8 Å². The second kappa shape index (κ2) is 7.83. The van der Waals surface area contributed by atoms with Crippen LogP contribution in [0.4, 0.5) is 16.3 Å².